The zero-order valence-electron chi connectivity index (χ0n) is 10.7. The molecule has 0 aromatic carbocycles. The van der Waals surface area contributed by atoms with E-state index in [1.54, 1.807) is 0 Å². The third-order valence-electron chi connectivity index (χ3n) is 4.43. The Balaban J connectivity index is 1.82. The van der Waals surface area contributed by atoms with Crippen LogP contribution in [-0.2, 0) is 0 Å². The molecular formula is C14H27NO. The summed E-state index contributed by atoms with van der Waals surface area (Å²) in [7, 11) is 0. The number of rotatable bonds is 2. The van der Waals surface area contributed by atoms with Crippen LogP contribution in [0.5, 0.6) is 0 Å². The molecule has 0 unspecified atom stereocenters. The van der Waals surface area contributed by atoms with Gasteiger partial charge < -0.3 is 10.0 Å². The Labute approximate surface area is 100 Å². The van der Waals surface area contributed by atoms with Crippen LogP contribution in [0, 0.1) is 5.92 Å². The molecule has 0 bridgehead atoms. The largest absolute Gasteiger partial charge is 0.389 e. The van der Waals surface area contributed by atoms with Gasteiger partial charge in [0.05, 0.1) is 5.60 Å². The Morgan fingerprint density at radius 3 is 2.19 bits per heavy atom. The summed E-state index contributed by atoms with van der Waals surface area (Å²) in [6.07, 6.45) is 9.77. The quantitative estimate of drug-likeness (QED) is 0.731. The van der Waals surface area contributed by atoms with Gasteiger partial charge in [-0.2, -0.15) is 0 Å². The van der Waals surface area contributed by atoms with Crippen LogP contribution >= 0.6 is 0 Å². The van der Waals surface area contributed by atoms with E-state index in [-0.39, 0.29) is 5.60 Å². The minimum absolute atomic E-state index is 0.364. The fourth-order valence-corrected chi connectivity index (χ4v) is 3.18. The van der Waals surface area contributed by atoms with E-state index in [9.17, 15) is 5.11 Å². The van der Waals surface area contributed by atoms with Gasteiger partial charge in [-0.3, -0.25) is 0 Å². The van der Waals surface area contributed by atoms with Gasteiger partial charge in [0.1, 0.15) is 0 Å². The zero-order chi connectivity index (χ0) is 11.4. The molecule has 1 aliphatic carbocycles. The normalized spacial score (nSPS) is 28.9. The molecule has 16 heavy (non-hydrogen) atoms. The summed E-state index contributed by atoms with van der Waals surface area (Å²) in [6.45, 7) is 5.67. The van der Waals surface area contributed by atoms with Gasteiger partial charge in [0.2, 0.25) is 0 Å². The number of hydrogen-bond donors (Lipinski definition) is 1. The van der Waals surface area contributed by atoms with Gasteiger partial charge in [-0.15, -0.1) is 0 Å². The van der Waals surface area contributed by atoms with Gasteiger partial charge in [0, 0.05) is 6.54 Å². The molecule has 2 aliphatic rings. The first-order valence-corrected chi connectivity index (χ1v) is 7.13. The van der Waals surface area contributed by atoms with E-state index >= 15 is 0 Å². The van der Waals surface area contributed by atoms with E-state index in [0.717, 1.165) is 25.3 Å². The fraction of sp³-hybridized carbons (Fsp3) is 1.00. The Morgan fingerprint density at radius 2 is 1.62 bits per heavy atom. The molecule has 2 fully saturated rings. The molecule has 0 radical (unpaired) electrons. The number of hydrogen-bond acceptors (Lipinski definition) is 2. The number of β-amino-alcohol motifs (C(OH)–C–C–N with tert-alkyl or cyclic N) is 1. The summed E-state index contributed by atoms with van der Waals surface area (Å²) >= 11 is 0. The first kappa shape index (κ1) is 12.4. The lowest BCUT2D eigenvalue weighted by Gasteiger charge is -2.37. The Kier molecular flexibility index (Phi) is 4.26. The van der Waals surface area contributed by atoms with E-state index in [2.05, 4.69) is 11.8 Å². The highest BCUT2D eigenvalue weighted by Gasteiger charge is 2.31. The van der Waals surface area contributed by atoms with Crippen molar-refractivity contribution in [3.63, 3.8) is 0 Å². The lowest BCUT2D eigenvalue weighted by atomic mass is 9.91. The second-order valence-electron chi connectivity index (χ2n) is 6.10. The van der Waals surface area contributed by atoms with Crippen molar-refractivity contribution in [2.24, 2.45) is 5.92 Å². The molecule has 1 saturated carbocycles. The molecule has 2 nitrogen and oxygen atoms in total. The maximum Gasteiger partial charge on any atom is 0.0774 e. The summed E-state index contributed by atoms with van der Waals surface area (Å²) in [5.41, 5.74) is -0.364. The van der Waals surface area contributed by atoms with Gasteiger partial charge in [-0.05, 0) is 44.7 Å². The smallest absolute Gasteiger partial charge is 0.0774 e. The second-order valence-corrected chi connectivity index (χ2v) is 6.10. The highest BCUT2D eigenvalue weighted by Crippen LogP contribution is 2.29. The molecule has 2 heteroatoms. The van der Waals surface area contributed by atoms with E-state index in [1.807, 2.05) is 0 Å². The predicted molar refractivity (Wildman–Crippen MR) is 67.5 cm³/mol. The lowest BCUT2D eigenvalue weighted by Crippen LogP contribution is -2.45. The Bertz CT molecular complexity index is 201. The minimum Gasteiger partial charge on any atom is -0.389 e. The standard InChI is InChI=1S/C14H27NO/c1-13-6-10-15(11-7-13)12-14(16)8-4-2-3-5-9-14/h13,16H,2-12H2,1H3. The summed E-state index contributed by atoms with van der Waals surface area (Å²) < 4.78 is 0. The molecular weight excluding hydrogens is 198 g/mol. The Hall–Kier alpha value is -0.0800. The minimum atomic E-state index is -0.364. The molecule has 1 N–H and O–H groups in total. The first-order valence-electron chi connectivity index (χ1n) is 7.13. The SMILES string of the molecule is CC1CCN(CC2(O)CCCCCC2)CC1. The van der Waals surface area contributed by atoms with E-state index in [1.165, 1.54) is 51.6 Å². The van der Waals surface area contributed by atoms with Crippen LogP contribution in [0.4, 0.5) is 0 Å². The van der Waals surface area contributed by atoms with Crippen LogP contribution in [0.15, 0.2) is 0 Å². The molecule has 94 valence electrons. The van der Waals surface area contributed by atoms with Crippen LogP contribution in [-0.4, -0.2) is 35.2 Å². The zero-order valence-corrected chi connectivity index (χ0v) is 10.7. The molecule has 1 heterocycles. The van der Waals surface area contributed by atoms with Gasteiger partial charge in [0.25, 0.3) is 0 Å². The van der Waals surface area contributed by atoms with Crippen molar-refractivity contribution in [3.8, 4) is 0 Å². The first-order chi connectivity index (χ1) is 7.68. The molecule has 1 aliphatic heterocycles. The maximum absolute atomic E-state index is 10.6. The fourth-order valence-electron chi connectivity index (χ4n) is 3.18. The highest BCUT2D eigenvalue weighted by molar-refractivity contribution is 4.85. The monoisotopic (exact) mass is 225 g/mol. The van der Waals surface area contributed by atoms with Gasteiger partial charge >= 0.3 is 0 Å². The van der Waals surface area contributed by atoms with Gasteiger partial charge in [0.15, 0.2) is 0 Å². The third kappa shape index (κ3) is 3.46. The number of piperidine rings is 1. The average molecular weight is 225 g/mol. The third-order valence-corrected chi connectivity index (χ3v) is 4.43. The number of likely N-dealkylation sites (tertiary alicyclic amines) is 1. The molecule has 2 rings (SSSR count). The molecule has 0 aromatic heterocycles. The van der Waals surface area contributed by atoms with Crippen LogP contribution in [0.2, 0.25) is 0 Å². The van der Waals surface area contributed by atoms with Gasteiger partial charge in [-0.25, -0.2) is 0 Å². The summed E-state index contributed by atoms with van der Waals surface area (Å²) in [5.74, 6) is 0.889. The van der Waals surface area contributed by atoms with Crippen molar-refractivity contribution in [1.82, 2.24) is 4.90 Å². The van der Waals surface area contributed by atoms with Crippen molar-refractivity contribution < 1.29 is 5.11 Å². The van der Waals surface area contributed by atoms with E-state index in [4.69, 9.17) is 0 Å². The highest BCUT2D eigenvalue weighted by atomic mass is 16.3. The van der Waals surface area contributed by atoms with Crippen molar-refractivity contribution in [3.05, 3.63) is 0 Å². The summed E-state index contributed by atoms with van der Waals surface area (Å²) in [6, 6.07) is 0. The number of aliphatic hydroxyl groups is 1. The second kappa shape index (κ2) is 5.50. The molecule has 0 amide bonds. The van der Waals surface area contributed by atoms with Crippen LogP contribution in [0.3, 0.4) is 0 Å². The molecule has 0 spiro atoms. The van der Waals surface area contributed by atoms with Crippen LogP contribution in [0.1, 0.15) is 58.3 Å². The van der Waals surface area contributed by atoms with Crippen LogP contribution < -0.4 is 0 Å². The van der Waals surface area contributed by atoms with E-state index < -0.39 is 0 Å². The average Bonchev–Trinajstić information content (AvgIpc) is 2.47. The summed E-state index contributed by atoms with van der Waals surface area (Å²) in [5, 5.41) is 10.6. The van der Waals surface area contributed by atoms with Gasteiger partial charge in [-0.1, -0.05) is 32.6 Å². The van der Waals surface area contributed by atoms with Crippen molar-refractivity contribution >= 4 is 0 Å². The van der Waals surface area contributed by atoms with Crippen molar-refractivity contribution in [2.75, 3.05) is 19.6 Å². The van der Waals surface area contributed by atoms with Crippen molar-refractivity contribution in [2.45, 2.75) is 63.9 Å². The maximum atomic E-state index is 10.6. The van der Waals surface area contributed by atoms with Crippen LogP contribution in [0.25, 0.3) is 0 Å². The molecule has 0 atom stereocenters. The molecule has 0 aromatic rings. The lowest BCUT2D eigenvalue weighted by molar-refractivity contribution is -0.0165. The topological polar surface area (TPSA) is 23.5 Å². The predicted octanol–water partition coefficient (Wildman–Crippen LogP) is 2.80. The van der Waals surface area contributed by atoms with E-state index in [0.29, 0.717) is 0 Å². The van der Waals surface area contributed by atoms with Crippen molar-refractivity contribution in [1.29, 1.82) is 0 Å². The molecule has 1 saturated heterocycles. The number of nitrogens with zero attached hydrogens (tertiary/aromatic N) is 1. The summed E-state index contributed by atoms with van der Waals surface area (Å²) in [4.78, 5) is 2.49. The Morgan fingerprint density at radius 1 is 1.06 bits per heavy atom.